The average Bonchev–Trinajstić information content (AvgIpc) is 3.54. The first-order chi connectivity index (χ1) is 17.9. The van der Waals surface area contributed by atoms with Crippen molar-refractivity contribution in [1.82, 2.24) is 18.8 Å². The average molecular weight is 463 g/mol. The molecule has 170 valence electrons. The van der Waals surface area contributed by atoms with Gasteiger partial charge in [-0.2, -0.15) is 0 Å². The van der Waals surface area contributed by atoms with E-state index in [0.29, 0.717) is 0 Å². The Bertz CT molecular complexity index is 1680. The van der Waals surface area contributed by atoms with Gasteiger partial charge in [-0.25, -0.2) is 9.97 Å². The lowest BCUT2D eigenvalue weighted by Gasteiger charge is -2.02. The first-order valence-electron chi connectivity index (χ1n) is 12.0. The molecular formula is C32H22N4. The number of aromatic nitrogens is 4. The third-order valence-corrected chi connectivity index (χ3v) is 6.59. The third kappa shape index (κ3) is 3.31. The molecule has 0 saturated heterocycles. The molecule has 0 unspecified atom stereocenters. The number of nitrogens with zero attached hydrogens (tertiary/aromatic N) is 4. The largest absolute Gasteiger partial charge is 0.299 e. The SMILES string of the molecule is c1ccc(-c2nc(-c3ccc(-c4nc(-c5ccccc5)n5ccccc45)cc3)c3ccccn23)cc1. The van der Waals surface area contributed by atoms with Crippen molar-refractivity contribution in [3.63, 3.8) is 0 Å². The van der Waals surface area contributed by atoms with Crippen molar-refractivity contribution in [2.24, 2.45) is 0 Å². The van der Waals surface area contributed by atoms with Gasteiger partial charge < -0.3 is 0 Å². The Morgan fingerprint density at radius 1 is 0.361 bits per heavy atom. The molecule has 4 heterocycles. The van der Waals surface area contributed by atoms with E-state index in [2.05, 4.69) is 94.0 Å². The molecule has 0 N–H and O–H groups in total. The molecule has 0 radical (unpaired) electrons. The van der Waals surface area contributed by atoms with E-state index in [0.717, 1.165) is 56.3 Å². The van der Waals surface area contributed by atoms with Crippen molar-refractivity contribution < 1.29 is 0 Å². The molecule has 0 aliphatic heterocycles. The van der Waals surface area contributed by atoms with Gasteiger partial charge in [-0.05, 0) is 24.3 Å². The van der Waals surface area contributed by atoms with Crippen LogP contribution in [0.15, 0.2) is 134 Å². The van der Waals surface area contributed by atoms with Gasteiger partial charge in [0.1, 0.15) is 11.6 Å². The van der Waals surface area contributed by atoms with Crippen LogP contribution < -0.4 is 0 Å². The molecule has 0 aliphatic rings. The Kier molecular flexibility index (Phi) is 4.74. The van der Waals surface area contributed by atoms with Crippen LogP contribution in [0.4, 0.5) is 0 Å². The first-order valence-corrected chi connectivity index (χ1v) is 12.0. The van der Waals surface area contributed by atoms with E-state index < -0.39 is 0 Å². The number of rotatable bonds is 4. The van der Waals surface area contributed by atoms with Gasteiger partial charge in [-0.3, -0.25) is 8.80 Å². The fourth-order valence-electron chi connectivity index (χ4n) is 4.87. The second-order valence-corrected chi connectivity index (χ2v) is 8.79. The molecule has 4 nitrogen and oxygen atoms in total. The summed E-state index contributed by atoms with van der Waals surface area (Å²) in [4.78, 5) is 10.1. The molecule has 7 rings (SSSR count). The Hall–Kier alpha value is -4.96. The molecule has 36 heavy (non-hydrogen) atoms. The van der Waals surface area contributed by atoms with Crippen molar-refractivity contribution in [2.45, 2.75) is 0 Å². The van der Waals surface area contributed by atoms with Gasteiger partial charge in [-0.1, -0.05) is 97.1 Å². The van der Waals surface area contributed by atoms with Crippen LogP contribution in [0.5, 0.6) is 0 Å². The lowest BCUT2D eigenvalue weighted by Crippen LogP contribution is -1.87. The summed E-state index contributed by atoms with van der Waals surface area (Å²) < 4.78 is 4.32. The minimum absolute atomic E-state index is 0.942. The predicted octanol–water partition coefficient (Wildman–Crippen LogP) is 7.65. The second kappa shape index (κ2) is 8.36. The third-order valence-electron chi connectivity index (χ3n) is 6.59. The monoisotopic (exact) mass is 462 g/mol. The minimum atomic E-state index is 0.942. The van der Waals surface area contributed by atoms with Crippen molar-refractivity contribution in [3.8, 4) is 45.3 Å². The molecule has 0 saturated carbocycles. The molecule has 4 aromatic heterocycles. The van der Waals surface area contributed by atoms with Crippen LogP contribution in [-0.4, -0.2) is 18.8 Å². The number of hydrogen-bond donors (Lipinski definition) is 0. The quantitative estimate of drug-likeness (QED) is 0.269. The maximum absolute atomic E-state index is 5.07. The zero-order valence-electron chi connectivity index (χ0n) is 19.5. The molecule has 0 bridgehead atoms. The van der Waals surface area contributed by atoms with Crippen LogP contribution in [-0.2, 0) is 0 Å². The summed E-state index contributed by atoms with van der Waals surface area (Å²) in [5.74, 6) is 1.88. The highest BCUT2D eigenvalue weighted by atomic mass is 15.0. The van der Waals surface area contributed by atoms with Crippen LogP contribution in [0.25, 0.3) is 56.3 Å². The summed E-state index contributed by atoms with van der Waals surface area (Å²) in [6, 6.07) is 41.7. The molecule has 3 aromatic carbocycles. The molecule has 0 fully saturated rings. The number of fused-ring (bicyclic) bond motifs is 2. The molecular weight excluding hydrogens is 440 g/mol. The van der Waals surface area contributed by atoms with Gasteiger partial charge in [0.05, 0.1) is 22.4 Å². The first kappa shape index (κ1) is 20.4. The number of benzene rings is 3. The van der Waals surface area contributed by atoms with Crippen molar-refractivity contribution >= 4 is 11.0 Å². The van der Waals surface area contributed by atoms with Crippen molar-refractivity contribution in [2.75, 3.05) is 0 Å². The van der Waals surface area contributed by atoms with Gasteiger partial charge in [0.15, 0.2) is 0 Å². The van der Waals surface area contributed by atoms with E-state index in [9.17, 15) is 0 Å². The van der Waals surface area contributed by atoms with Crippen LogP contribution in [0.2, 0.25) is 0 Å². The lowest BCUT2D eigenvalue weighted by atomic mass is 10.1. The Morgan fingerprint density at radius 2 is 0.750 bits per heavy atom. The second-order valence-electron chi connectivity index (χ2n) is 8.79. The molecule has 7 aromatic rings. The fraction of sp³-hybridized carbons (Fsp3) is 0. The summed E-state index contributed by atoms with van der Waals surface area (Å²) in [7, 11) is 0. The summed E-state index contributed by atoms with van der Waals surface area (Å²) in [6.07, 6.45) is 4.15. The number of hydrogen-bond acceptors (Lipinski definition) is 2. The smallest absolute Gasteiger partial charge is 0.145 e. The Balaban J connectivity index is 1.34. The van der Waals surface area contributed by atoms with E-state index in [1.807, 2.05) is 48.5 Å². The highest BCUT2D eigenvalue weighted by Gasteiger charge is 2.16. The van der Waals surface area contributed by atoms with E-state index in [-0.39, 0.29) is 0 Å². The Labute approximate surface area is 208 Å². The molecule has 0 aliphatic carbocycles. The fourth-order valence-corrected chi connectivity index (χ4v) is 4.87. The zero-order chi connectivity index (χ0) is 23.9. The van der Waals surface area contributed by atoms with Gasteiger partial charge in [-0.15, -0.1) is 0 Å². The van der Waals surface area contributed by atoms with Crippen molar-refractivity contribution in [3.05, 3.63) is 134 Å². The predicted molar refractivity (Wildman–Crippen MR) is 146 cm³/mol. The van der Waals surface area contributed by atoms with E-state index in [4.69, 9.17) is 9.97 Å². The summed E-state index contributed by atoms with van der Waals surface area (Å²) in [5.41, 5.74) is 8.47. The van der Waals surface area contributed by atoms with Gasteiger partial charge in [0.25, 0.3) is 0 Å². The highest BCUT2D eigenvalue weighted by molar-refractivity contribution is 5.85. The molecule has 4 heteroatoms. The zero-order valence-corrected chi connectivity index (χ0v) is 19.5. The number of imidazole rings is 2. The van der Waals surface area contributed by atoms with E-state index in [1.165, 1.54) is 0 Å². The van der Waals surface area contributed by atoms with Crippen LogP contribution in [0, 0.1) is 0 Å². The lowest BCUT2D eigenvalue weighted by molar-refractivity contribution is 1.16. The van der Waals surface area contributed by atoms with E-state index in [1.54, 1.807) is 0 Å². The van der Waals surface area contributed by atoms with E-state index >= 15 is 0 Å². The summed E-state index contributed by atoms with van der Waals surface area (Å²) in [6.45, 7) is 0. The van der Waals surface area contributed by atoms with Crippen LogP contribution >= 0.6 is 0 Å². The normalized spacial score (nSPS) is 11.3. The number of pyridine rings is 2. The maximum atomic E-state index is 5.07. The summed E-state index contributed by atoms with van der Waals surface area (Å²) in [5, 5.41) is 0. The minimum Gasteiger partial charge on any atom is -0.299 e. The summed E-state index contributed by atoms with van der Waals surface area (Å²) >= 11 is 0. The van der Waals surface area contributed by atoms with Crippen molar-refractivity contribution in [1.29, 1.82) is 0 Å². The van der Waals surface area contributed by atoms with Crippen LogP contribution in [0.1, 0.15) is 0 Å². The van der Waals surface area contributed by atoms with Gasteiger partial charge >= 0.3 is 0 Å². The van der Waals surface area contributed by atoms with Gasteiger partial charge in [0, 0.05) is 34.6 Å². The molecule has 0 amide bonds. The molecule has 0 atom stereocenters. The maximum Gasteiger partial charge on any atom is 0.145 e. The highest BCUT2D eigenvalue weighted by Crippen LogP contribution is 2.33. The van der Waals surface area contributed by atoms with Gasteiger partial charge in [0.2, 0.25) is 0 Å². The molecule has 0 spiro atoms. The standard InChI is InChI=1S/C32H22N4/c1-3-11-25(12-4-1)31-33-29(27-15-7-9-21-35(27)31)23-17-19-24(20-18-23)30-28-16-8-10-22-36(28)32(34-30)26-13-5-2-6-14-26/h1-22H. The topological polar surface area (TPSA) is 34.6 Å². The van der Waals surface area contributed by atoms with Crippen LogP contribution in [0.3, 0.4) is 0 Å². The Morgan fingerprint density at radius 3 is 1.17 bits per heavy atom.